The number of hydrogen-bond acceptors (Lipinski definition) is 3. The average molecular weight is 232 g/mol. The maximum Gasteiger partial charge on any atom is 0.104 e. The number of ether oxygens (including phenoxy) is 1. The largest absolute Gasteiger partial charge is 0.385 e. The summed E-state index contributed by atoms with van der Waals surface area (Å²) < 4.78 is 5.01. The fourth-order valence-corrected chi connectivity index (χ4v) is 1.65. The van der Waals surface area contributed by atoms with E-state index in [2.05, 4.69) is 23.5 Å². The fourth-order valence-electron chi connectivity index (χ4n) is 1.65. The Bertz CT molecular complexity index is 358. The average Bonchev–Trinajstić information content (AvgIpc) is 2.38. The first kappa shape index (κ1) is 13.7. The minimum absolute atomic E-state index is 0.478. The molecule has 1 aromatic carbocycles. The van der Waals surface area contributed by atoms with Gasteiger partial charge in [0, 0.05) is 20.3 Å². The summed E-state index contributed by atoms with van der Waals surface area (Å²) in [4.78, 5) is 0. The Morgan fingerprint density at radius 3 is 2.65 bits per heavy atom. The Morgan fingerprint density at radius 2 is 2.06 bits per heavy atom. The van der Waals surface area contributed by atoms with E-state index >= 15 is 0 Å². The van der Waals surface area contributed by atoms with Gasteiger partial charge in [0.25, 0.3) is 0 Å². The zero-order chi connectivity index (χ0) is 12.6. The minimum Gasteiger partial charge on any atom is -0.385 e. The Kier molecular flexibility index (Phi) is 5.68. The Balaban J connectivity index is 2.44. The lowest BCUT2D eigenvalue weighted by molar-refractivity contribution is 0.185. The van der Waals surface area contributed by atoms with Gasteiger partial charge in [-0.05, 0) is 25.3 Å². The smallest absolute Gasteiger partial charge is 0.104 e. The van der Waals surface area contributed by atoms with Crippen molar-refractivity contribution in [2.24, 2.45) is 0 Å². The molecule has 1 atom stereocenters. The lowest BCUT2D eigenvalue weighted by Gasteiger charge is -2.23. The van der Waals surface area contributed by atoms with Gasteiger partial charge in [0.1, 0.15) is 5.54 Å². The number of nitrogens with zero attached hydrogens (tertiary/aromatic N) is 1. The van der Waals surface area contributed by atoms with Crippen LogP contribution in [0, 0.1) is 11.3 Å². The fraction of sp³-hybridized carbons (Fsp3) is 0.500. The van der Waals surface area contributed by atoms with Crippen molar-refractivity contribution in [1.82, 2.24) is 5.32 Å². The van der Waals surface area contributed by atoms with E-state index in [1.807, 2.05) is 25.1 Å². The summed E-state index contributed by atoms with van der Waals surface area (Å²) in [5, 5.41) is 12.5. The van der Waals surface area contributed by atoms with E-state index < -0.39 is 5.54 Å². The van der Waals surface area contributed by atoms with Crippen molar-refractivity contribution >= 4 is 0 Å². The van der Waals surface area contributed by atoms with E-state index in [0.29, 0.717) is 6.61 Å². The van der Waals surface area contributed by atoms with Crippen LogP contribution in [0.1, 0.15) is 25.3 Å². The van der Waals surface area contributed by atoms with Crippen molar-refractivity contribution in [2.75, 3.05) is 13.7 Å². The predicted molar refractivity (Wildman–Crippen MR) is 68.4 cm³/mol. The van der Waals surface area contributed by atoms with Crippen molar-refractivity contribution in [3.63, 3.8) is 0 Å². The summed E-state index contributed by atoms with van der Waals surface area (Å²) >= 11 is 0. The molecule has 0 aromatic heterocycles. The number of hydrogen-bond donors (Lipinski definition) is 1. The van der Waals surface area contributed by atoms with Gasteiger partial charge >= 0.3 is 0 Å². The summed E-state index contributed by atoms with van der Waals surface area (Å²) in [6.07, 6.45) is 1.69. The van der Waals surface area contributed by atoms with Crippen LogP contribution >= 0.6 is 0 Å². The maximum atomic E-state index is 9.21. The van der Waals surface area contributed by atoms with E-state index in [-0.39, 0.29) is 0 Å². The Hall–Kier alpha value is -1.37. The Morgan fingerprint density at radius 1 is 1.35 bits per heavy atom. The zero-order valence-electron chi connectivity index (χ0n) is 10.6. The molecule has 0 aliphatic heterocycles. The minimum atomic E-state index is -0.478. The quantitative estimate of drug-likeness (QED) is 0.735. The molecule has 17 heavy (non-hydrogen) atoms. The highest BCUT2D eigenvalue weighted by Gasteiger charge is 2.22. The van der Waals surface area contributed by atoms with Crippen LogP contribution in [0.25, 0.3) is 0 Å². The molecule has 92 valence electrons. The van der Waals surface area contributed by atoms with E-state index in [1.54, 1.807) is 7.11 Å². The van der Waals surface area contributed by atoms with Crippen LogP contribution in [0.4, 0.5) is 0 Å². The standard InChI is InChI=1S/C14H20N2O/c1-14(12-15,9-6-10-17-2)16-11-13-7-4-3-5-8-13/h3-5,7-8,16H,6,9-11H2,1-2H3. The van der Waals surface area contributed by atoms with Gasteiger partial charge in [-0.25, -0.2) is 0 Å². The summed E-state index contributed by atoms with van der Waals surface area (Å²) in [6.45, 7) is 3.35. The van der Waals surface area contributed by atoms with E-state index in [4.69, 9.17) is 4.74 Å². The van der Waals surface area contributed by atoms with E-state index in [1.165, 1.54) is 5.56 Å². The van der Waals surface area contributed by atoms with Gasteiger partial charge in [-0.3, -0.25) is 5.32 Å². The van der Waals surface area contributed by atoms with Gasteiger partial charge in [-0.15, -0.1) is 0 Å². The van der Waals surface area contributed by atoms with Crippen molar-refractivity contribution in [3.05, 3.63) is 35.9 Å². The molecule has 0 fully saturated rings. The highest BCUT2D eigenvalue weighted by atomic mass is 16.5. The molecular formula is C14H20N2O. The third-order valence-electron chi connectivity index (χ3n) is 2.80. The molecule has 1 rings (SSSR count). The molecule has 0 saturated heterocycles. The monoisotopic (exact) mass is 232 g/mol. The molecule has 1 unspecified atom stereocenters. The summed E-state index contributed by atoms with van der Waals surface area (Å²) in [5.74, 6) is 0. The highest BCUT2D eigenvalue weighted by Crippen LogP contribution is 2.12. The first-order chi connectivity index (χ1) is 8.20. The van der Waals surface area contributed by atoms with E-state index in [0.717, 1.165) is 19.4 Å². The maximum absolute atomic E-state index is 9.21. The molecule has 0 aliphatic carbocycles. The van der Waals surface area contributed by atoms with Gasteiger partial charge < -0.3 is 4.74 Å². The van der Waals surface area contributed by atoms with Gasteiger partial charge in [0.2, 0.25) is 0 Å². The molecule has 1 aromatic rings. The van der Waals surface area contributed by atoms with Crippen LogP contribution in [0.2, 0.25) is 0 Å². The van der Waals surface area contributed by atoms with E-state index in [9.17, 15) is 5.26 Å². The second kappa shape index (κ2) is 7.05. The van der Waals surface area contributed by atoms with Gasteiger partial charge in [0.15, 0.2) is 0 Å². The predicted octanol–water partition coefficient (Wildman–Crippen LogP) is 2.49. The van der Waals surface area contributed by atoms with Crippen LogP contribution in [0.15, 0.2) is 30.3 Å². The lowest BCUT2D eigenvalue weighted by Crippen LogP contribution is -2.40. The van der Waals surface area contributed by atoms with Gasteiger partial charge in [-0.2, -0.15) is 5.26 Å². The van der Waals surface area contributed by atoms with Crippen molar-refractivity contribution in [1.29, 1.82) is 5.26 Å². The molecule has 3 heteroatoms. The van der Waals surface area contributed by atoms with Crippen molar-refractivity contribution in [2.45, 2.75) is 31.8 Å². The lowest BCUT2D eigenvalue weighted by atomic mass is 9.97. The highest BCUT2D eigenvalue weighted by molar-refractivity contribution is 5.15. The summed E-state index contributed by atoms with van der Waals surface area (Å²) in [5.41, 5.74) is 0.717. The van der Waals surface area contributed by atoms with Crippen LogP contribution in [-0.2, 0) is 11.3 Å². The normalized spacial score (nSPS) is 13.9. The van der Waals surface area contributed by atoms with Crippen LogP contribution in [0.5, 0.6) is 0 Å². The molecule has 0 saturated carbocycles. The molecule has 0 amide bonds. The molecule has 0 aliphatic rings. The Labute approximate surface area is 103 Å². The first-order valence-electron chi connectivity index (χ1n) is 5.89. The summed E-state index contributed by atoms with van der Waals surface area (Å²) in [7, 11) is 1.68. The molecule has 3 nitrogen and oxygen atoms in total. The third-order valence-corrected chi connectivity index (χ3v) is 2.80. The van der Waals surface area contributed by atoms with Crippen LogP contribution < -0.4 is 5.32 Å². The van der Waals surface area contributed by atoms with Gasteiger partial charge in [0.05, 0.1) is 6.07 Å². The number of rotatable bonds is 7. The van der Waals surface area contributed by atoms with Gasteiger partial charge in [-0.1, -0.05) is 30.3 Å². The third kappa shape index (κ3) is 4.99. The first-order valence-corrected chi connectivity index (χ1v) is 5.89. The number of nitriles is 1. The summed E-state index contributed by atoms with van der Waals surface area (Å²) in [6, 6.07) is 12.5. The second-order valence-corrected chi connectivity index (χ2v) is 4.38. The topological polar surface area (TPSA) is 45.0 Å². The second-order valence-electron chi connectivity index (χ2n) is 4.38. The molecule has 0 spiro atoms. The number of benzene rings is 1. The molecule has 1 N–H and O–H groups in total. The SMILES string of the molecule is COCCCC(C)(C#N)NCc1ccccc1. The molecule has 0 radical (unpaired) electrons. The van der Waals surface area contributed by atoms with Crippen molar-refractivity contribution in [3.8, 4) is 6.07 Å². The molecular weight excluding hydrogens is 212 g/mol. The van der Waals surface area contributed by atoms with Crippen LogP contribution in [-0.4, -0.2) is 19.3 Å². The zero-order valence-corrected chi connectivity index (χ0v) is 10.6. The number of nitrogens with one attached hydrogen (secondary N) is 1. The van der Waals surface area contributed by atoms with Crippen molar-refractivity contribution < 1.29 is 4.74 Å². The number of methoxy groups -OCH3 is 1. The van der Waals surface area contributed by atoms with Crippen LogP contribution in [0.3, 0.4) is 0 Å². The molecule has 0 bridgehead atoms. The molecule has 0 heterocycles.